The van der Waals surface area contributed by atoms with E-state index in [0.29, 0.717) is 18.4 Å². The topological polar surface area (TPSA) is 62.4 Å². The van der Waals surface area contributed by atoms with Gasteiger partial charge >= 0.3 is 5.97 Å². The van der Waals surface area contributed by atoms with Gasteiger partial charge in [-0.3, -0.25) is 9.59 Å². The van der Waals surface area contributed by atoms with E-state index in [2.05, 4.69) is 87.9 Å². The number of nitrogens with one attached hydrogen (secondary N) is 1. The fraction of sp³-hybridized carbons (Fsp3) is 0.143. The fourth-order valence-electron chi connectivity index (χ4n) is 4.51. The van der Waals surface area contributed by atoms with Gasteiger partial charge in [0.1, 0.15) is 0 Å². The van der Waals surface area contributed by atoms with E-state index in [1.54, 1.807) is 0 Å². The number of benzene rings is 4. The zero-order valence-electron chi connectivity index (χ0n) is 23.2. The molecule has 0 aliphatic rings. The van der Waals surface area contributed by atoms with Crippen molar-refractivity contribution in [1.29, 1.82) is 0 Å². The van der Waals surface area contributed by atoms with Crippen LogP contribution in [0.4, 0.5) is 17.1 Å². The molecule has 5 rings (SSSR count). The van der Waals surface area contributed by atoms with Gasteiger partial charge in [-0.1, -0.05) is 72.8 Å². The van der Waals surface area contributed by atoms with Crippen LogP contribution < -0.4 is 4.90 Å². The van der Waals surface area contributed by atoms with Crippen LogP contribution in [0.1, 0.15) is 43.3 Å². The van der Waals surface area contributed by atoms with Crippen molar-refractivity contribution in [2.24, 2.45) is 0 Å². The van der Waals surface area contributed by atoms with Crippen LogP contribution >= 0.6 is 0 Å². The molecule has 4 aromatic carbocycles. The Morgan fingerprint density at radius 1 is 0.850 bits per heavy atom. The van der Waals surface area contributed by atoms with Gasteiger partial charge in [0.05, 0.1) is 18.5 Å². The Balaban J connectivity index is 0.000000711. The molecule has 0 saturated carbocycles. The average Bonchev–Trinajstić information content (AvgIpc) is 3.51. The van der Waals surface area contributed by atoms with E-state index in [1.807, 2.05) is 49.5 Å². The van der Waals surface area contributed by atoms with Crippen LogP contribution in [0.5, 0.6) is 0 Å². The number of Topliss-reactive ketones (excluding diaryl/α,β-unsaturated/α-hetero) is 1. The second-order valence-electron chi connectivity index (χ2n) is 9.50. The van der Waals surface area contributed by atoms with Crippen molar-refractivity contribution in [3.05, 3.63) is 133 Å². The molecule has 204 valence electrons. The standard InChI is InChI=1S/C32H28N2O.C3H6O2.H2/c1-23(2)25-17-19-31(29(22-25)32(35)20-18-26-12-9-21-33-26)34(27-13-4-3-5-14-27)30-16-8-11-24-10-6-7-15-28(24)30;1-3(4)5-2;/h3-17,19,21-22,33H,1,18,20H2,2H3;1-2H3;1H. The lowest BCUT2D eigenvalue weighted by atomic mass is 9.96. The summed E-state index contributed by atoms with van der Waals surface area (Å²) in [5, 5.41) is 2.29. The smallest absolute Gasteiger partial charge is 0.302 e. The summed E-state index contributed by atoms with van der Waals surface area (Å²) < 4.78 is 4.11. The first-order valence-electron chi connectivity index (χ1n) is 13.2. The third-order valence-electron chi connectivity index (χ3n) is 6.62. The molecule has 5 nitrogen and oxygen atoms in total. The molecule has 0 unspecified atom stereocenters. The quantitative estimate of drug-likeness (QED) is 0.160. The SMILES string of the molecule is C=C(C)c1ccc(N(c2ccccc2)c2cccc3ccccc23)c(C(=O)CCc2ccc[nH]2)c1.COC(C)=O.[HH]. The van der Waals surface area contributed by atoms with E-state index in [0.717, 1.165) is 44.7 Å². The van der Waals surface area contributed by atoms with Crippen molar-refractivity contribution in [3.63, 3.8) is 0 Å². The second-order valence-corrected chi connectivity index (χ2v) is 9.50. The maximum Gasteiger partial charge on any atom is 0.302 e. The number of esters is 1. The van der Waals surface area contributed by atoms with Gasteiger partial charge in [0, 0.05) is 43.3 Å². The van der Waals surface area contributed by atoms with Crippen molar-refractivity contribution in [2.75, 3.05) is 12.0 Å². The van der Waals surface area contributed by atoms with Crippen LogP contribution in [0.3, 0.4) is 0 Å². The molecule has 1 heterocycles. The summed E-state index contributed by atoms with van der Waals surface area (Å²) in [5.41, 5.74) is 6.59. The maximum absolute atomic E-state index is 13.7. The molecule has 0 aliphatic heterocycles. The van der Waals surface area contributed by atoms with Gasteiger partial charge in [0.15, 0.2) is 5.78 Å². The molecule has 0 radical (unpaired) electrons. The normalized spacial score (nSPS) is 10.4. The number of anilines is 3. The summed E-state index contributed by atoms with van der Waals surface area (Å²) in [7, 11) is 1.35. The lowest BCUT2D eigenvalue weighted by molar-refractivity contribution is -0.137. The number of para-hydroxylation sites is 1. The highest BCUT2D eigenvalue weighted by Gasteiger charge is 2.22. The Kier molecular flexibility index (Phi) is 9.31. The first-order chi connectivity index (χ1) is 19.4. The Labute approximate surface area is 237 Å². The number of H-pyrrole nitrogens is 1. The van der Waals surface area contributed by atoms with E-state index < -0.39 is 0 Å². The largest absolute Gasteiger partial charge is 0.469 e. The van der Waals surface area contributed by atoms with E-state index in [-0.39, 0.29) is 13.2 Å². The molecule has 0 spiro atoms. The molecule has 0 aliphatic carbocycles. The minimum Gasteiger partial charge on any atom is -0.469 e. The average molecular weight is 533 g/mol. The van der Waals surface area contributed by atoms with E-state index in [9.17, 15) is 9.59 Å². The third-order valence-corrected chi connectivity index (χ3v) is 6.62. The second kappa shape index (κ2) is 13.3. The number of aromatic nitrogens is 1. The molecule has 40 heavy (non-hydrogen) atoms. The summed E-state index contributed by atoms with van der Waals surface area (Å²) >= 11 is 0. The molecule has 1 N–H and O–H groups in total. The molecule has 0 atom stereocenters. The number of aryl methyl sites for hydroxylation is 1. The fourth-order valence-corrected chi connectivity index (χ4v) is 4.51. The van der Waals surface area contributed by atoms with Crippen LogP contribution in [0.15, 0.2) is 116 Å². The molecular formula is C35H36N2O3. The van der Waals surface area contributed by atoms with Crippen molar-refractivity contribution in [2.45, 2.75) is 26.7 Å². The molecule has 0 fully saturated rings. The summed E-state index contributed by atoms with van der Waals surface area (Å²) in [6, 6.07) is 35.0. The van der Waals surface area contributed by atoms with Gasteiger partial charge in [-0.15, -0.1) is 0 Å². The van der Waals surface area contributed by atoms with Gasteiger partial charge in [-0.25, -0.2) is 0 Å². The van der Waals surface area contributed by atoms with Crippen LogP contribution in [0.25, 0.3) is 16.3 Å². The summed E-state index contributed by atoms with van der Waals surface area (Å²) in [4.78, 5) is 28.7. The zero-order valence-corrected chi connectivity index (χ0v) is 23.2. The molecule has 0 bridgehead atoms. The Morgan fingerprint density at radius 2 is 1.55 bits per heavy atom. The van der Waals surface area contributed by atoms with E-state index in [4.69, 9.17) is 0 Å². The zero-order chi connectivity index (χ0) is 28.5. The number of allylic oxidation sites excluding steroid dienone is 1. The molecule has 5 aromatic rings. The number of ether oxygens (including phenoxy) is 1. The highest BCUT2D eigenvalue weighted by atomic mass is 16.5. The number of methoxy groups -OCH3 is 1. The van der Waals surface area contributed by atoms with Crippen LogP contribution in [-0.4, -0.2) is 23.8 Å². The lowest BCUT2D eigenvalue weighted by Crippen LogP contribution is -2.15. The molecule has 1 aromatic heterocycles. The predicted octanol–water partition coefficient (Wildman–Crippen LogP) is 8.91. The number of hydrogen-bond donors (Lipinski definition) is 1. The first kappa shape index (κ1) is 28.1. The Morgan fingerprint density at radius 3 is 2.23 bits per heavy atom. The number of hydrogen-bond acceptors (Lipinski definition) is 4. The number of ketones is 1. The number of carbonyl (C=O) groups excluding carboxylic acids is 2. The van der Waals surface area contributed by atoms with Gasteiger partial charge in [0.2, 0.25) is 0 Å². The van der Waals surface area contributed by atoms with Crippen molar-refractivity contribution >= 4 is 45.2 Å². The number of aromatic amines is 1. The van der Waals surface area contributed by atoms with E-state index in [1.165, 1.54) is 14.0 Å². The Hall–Kier alpha value is -4.90. The minimum atomic E-state index is -0.245. The molecular weight excluding hydrogens is 496 g/mol. The maximum atomic E-state index is 13.7. The van der Waals surface area contributed by atoms with Crippen LogP contribution in [0, 0.1) is 0 Å². The van der Waals surface area contributed by atoms with Gasteiger partial charge < -0.3 is 14.6 Å². The van der Waals surface area contributed by atoms with Gasteiger partial charge in [0.25, 0.3) is 0 Å². The lowest BCUT2D eigenvalue weighted by Gasteiger charge is -2.29. The number of rotatable bonds is 8. The van der Waals surface area contributed by atoms with Crippen molar-refractivity contribution < 1.29 is 15.8 Å². The molecule has 5 heteroatoms. The number of fused-ring (bicyclic) bond motifs is 1. The van der Waals surface area contributed by atoms with Crippen LogP contribution in [0.2, 0.25) is 0 Å². The Bertz CT molecular complexity index is 1610. The molecule has 0 amide bonds. The van der Waals surface area contributed by atoms with E-state index >= 15 is 0 Å². The van der Waals surface area contributed by atoms with Gasteiger partial charge in [-0.2, -0.15) is 0 Å². The summed E-state index contributed by atoms with van der Waals surface area (Å²) in [6.07, 6.45) is 2.98. The minimum absolute atomic E-state index is 0. The van der Waals surface area contributed by atoms with Crippen LogP contribution in [-0.2, 0) is 16.0 Å². The summed E-state index contributed by atoms with van der Waals surface area (Å²) in [5.74, 6) is -0.135. The van der Waals surface area contributed by atoms with Crippen molar-refractivity contribution in [3.8, 4) is 0 Å². The number of carbonyl (C=O) groups is 2. The van der Waals surface area contributed by atoms with Crippen molar-refractivity contribution in [1.82, 2.24) is 4.98 Å². The molecule has 0 saturated heterocycles. The number of nitrogens with zero attached hydrogens (tertiary/aromatic N) is 1. The first-order valence-corrected chi connectivity index (χ1v) is 13.2. The predicted molar refractivity (Wildman–Crippen MR) is 167 cm³/mol. The monoisotopic (exact) mass is 532 g/mol. The van der Waals surface area contributed by atoms with Gasteiger partial charge in [-0.05, 0) is 66.8 Å². The highest BCUT2D eigenvalue weighted by molar-refractivity contribution is 6.06. The third kappa shape index (κ3) is 6.75. The highest BCUT2D eigenvalue weighted by Crippen LogP contribution is 2.41. The summed E-state index contributed by atoms with van der Waals surface area (Å²) in [6.45, 7) is 7.45.